The lowest BCUT2D eigenvalue weighted by atomic mass is 9.82. The van der Waals surface area contributed by atoms with Crippen LogP contribution < -0.4 is 5.32 Å². The summed E-state index contributed by atoms with van der Waals surface area (Å²) in [4.78, 5) is 0.918. The molecule has 4 nitrogen and oxygen atoms in total. The molecule has 1 aliphatic rings. The molecule has 2 unspecified atom stereocenters. The Labute approximate surface area is 189 Å². The van der Waals surface area contributed by atoms with Gasteiger partial charge in [-0.25, -0.2) is 0 Å². The van der Waals surface area contributed by atoms with E-state index in [4.69, 9.17) is 9.47 Å². The maximum atomic E-state index is 9.18. The van der Waals surface area contributed by atoms with Crippen LogP contribution in [0.25, 0.3) is 0 Å². The highest BCUT2D eigenvalue weighted by molar-refractivity contribution is 7.80. The zero-order chi connectivity index (χ0) is 21.5. The van der Waals surface area contributed by atoms with E-state index in [1.54, 1.807) is 6.07 Å². The molecule has 0 bridgehead atoms. The molecular formula is C26H26N2O2S. The minimum absolute atomic E-state index is 0.179. The Morgan fingerprint density at radius 2 is 1.74 bits per heavy atom. The van der Waals surface area contributed by atoms with Crippen molar-refractivity contribution in [1.29, 1.82) is 5.26 Å². The fraction of sp³-hybridized carbons (Fsp3) is 0.269. The molecule has 5 heteroatoms. The Morgan fingerprint density at radius 1 is 0.968 bits per heavy atom. The van der Waals surface area contributed by atoms with Gasteiger partial charge >= 0.3 is 0 Å². The standard InChI is InChI=1S/C26H26N2O2S/c27-16-21-7-4-8-22(15-21)18-29-25-17-28-14-13-26(25,23-9-11-24(31)12-10-23)30-19-20-5-2-1-3-6-20/h1-12,15,25,28,31H,13-14,17-19H2. The number of rotatable bonds is 7. The van der Waals surface area contributed by atoms with E-state index in [0.717, 1.165) is 34.6 Å². The van der Waals surface area contributed by atoms with Crippen LogP contribution in [-0.4, -0.2) is 19.2 Å². The average molecular weight is 431 g/mol. The molecule has 2 atom stereocenters. The van der Waals surface area contributed by atoms with Gasteiger partial charge in [0.1, 0.15) is 11.7 Å². The van der Waals surface area contributed by atoms with Crippen LogP contribution >= 0.6 is 12.6 Å². The van der Waals surface area contributed by atoms with Crippen LogP contribution in [0.4, 0.5) is 0 Å². The summed E-state index contributed by atoms with van der Waals surface area (Å²) in [5.74, 6) is 0. The first-order valence-corrected chi connectivity index (χ1v) is 10.9. The normalized spacial score (nSPS) is 20.8. The van der Waals surface area contributed by atoms with Crippen LogP contribution in [-0.2, 0) is 28.3 Å². The smallest absolute Gasteiger partial charge is 0.122 e. The highest BCUT2D eigenvalue weighted by atomic mass is 32.1. The first-order valence-electron chi connectivity index (χ1n) is 10.5. The van der Waals surface area contributed by atoms with Crippen molar-refractivity contribution in [1.82, 2.24) is 5.32 Å². The second-order valence-electron chi connectivity index (χ2n) is 7.78. The average Bonchev–Trinajstić information content (AvgIpc) is 2.83. The molecule has 1 aliphatic heterocycles. The van der Waals surface area contributed by atoms with Gasteiger partial charge in [0, 0.05) is 11.4 Å². The number of nitriles is 1. The molecule has 0 radical (unpaired) electrons. The summed E-state index contributed by atoms with van der Waals surface area (Å²) in [6, 6.07) is 28.1. The summed E-state index contributed by atoms with van der Waals surface area (Å²) in [5.41, 5.74) is 3.27. The van der Waals surface area contributed by atoms with Gasteiger partial charge in [-0.3, -0.25) is 0 Å². The molecule has 1 N–H and O–H groups in total. The zero-order valence-corrected chi connectivity index (χ0v) is 18.2. The van der Waals surface area contributed by atoms with Crippen molar-refractivity contribution in [3.63, 3.8) is 0 Å². The minimum Gasteiger partial charge on any atom is -0.369 e. The van der Waals surface area contributed by atoms with Crippen molar-refractivity contribution >= 4 is 12.6 Å². The number of hydrogen-bond acceptors (Lipinski definition) is 5. The maximum absolute atomic E-state index is 9.18. The number of hydrogen-bond donors (Lipinski definition) is 2. The number of ether oxygens (including phenoxy) is 2. The lowest BCUT2D eigenvalue weighted by Crippen LogP contribution is -2.54. The summed E-state index contributed by atoms with van der Waals surface area (Å²) in [6.45, 7) is 2.47. The maximum Gasteiger partial charge on any atom is 0.122 e. The lowest BCUT2D eigenvalue weighted by molar-refractivity contribution is -0.176. The van der Waals surface area contributed by atoms with Crippen LogP contribution in [0.5, 0.6) is 0 Å². The SMILES string of the molecule is N#Cc1cccc(COC2CNCCC2(OCc2ccccc2)c2ccc(S)cc2)c1. The molecule has 158 valence electrons. The van der Waals surface area contributed by atoms with Crippen molar-refractivity contribution in [2.45, 2.75) is 36.2 Å². The van der Waals surface area contributed by atoms with E-state index in [-0.39, 0.29) is 6.10 Å². The molecule has 0 amide bonds. The summed E-state index contributed by atoms with van der Waals surface area (Å²) >= 11 is 4.45. The number of nitrogens with zero attached hydrogens (tertiary/aromatic N) is 1. The fourth-order valence-electron chi connectivity index (χ4n) is 4.06. The van der Waals surface area contributed by atoms with E-state index in [2.05, 4.69) is 48.3 Å². The Balaban J connectivity index is 1.61. The second-order valence-corrected chi connectivity index (χ2v) is 8.29. The molecule has 31 heavy (non-hydrogen) atoms. The van der Waals surface area contributed by atoms with Crippen molar-refractivity contribution < 1.29 is 9.47 Å². The van der Waals surface area contributed by atoms with E-state index in [1.807, 2.05) is 48.5 Å². The second kappa shape index (κ2) is 10.1. The Hall–Kier alpha value is -2.62. The quantitative estimate of drug-likeness (QED) is 0.527. The topological polar surface area (TPSA) is 54.3 Å². The van der Waals surface area contributed by atoms with Crippen LogP contribution in [0, 0.1) is 11.3 Å². The predicted molar refractivity (Wildman–Crippen MR) is 124 cm³/mol. The van der Waals surface area contributed by atoms with Gasteiger partial charge in [-0.15, -0.1) is 12.6 Å². The molecule has 0 spiro atoms. The molecule has 0 saturated carbocycles. The molecule has 3 aromatic rings. The molecular weight excluding hydrogens is 404 g/mol. The molecule has 1 saturated heterocycles. The van der Waals surface area contributed by atoms with Gasteiger partial charge in [0.25, 0.3) is 0 Å². The van der Waals surface area contributed by atoms with E-state index in [1.165, 1.54) is 0 Å². The Bertz CT molecular complexity index is 1030. The zero-order valence-electron chi connectivity index (χ0n) is 17.3. The summed E-state index contributed by atoms with van der Waals surface area (Å²) in [7, 11) is 0. The number of thiol groups is 1. The van der Waals surface area contributed by atoms with Crippen molar-refractivity contribution in [2.75, 3.05) is 13.1 Å². The third kappa shape index (κ3) is 5.17. The predicted octanol–water partition coefficient (Wildman–Crippen LogP) is 4.84. The van der Waals surface area contributed by atoms with Gasteiger partial charge in [-0.05, 0) is 53.9 Å². The van der Waals surface area contributed by atoms with Crippen LogP contribution in [0.2, 0.25) is 0 Å². The van der Waals surface area contributed by atoms with E-state index < -0.39 is 5.60 Å². The first kappa shape index (κ1) is 21.6. The largest absolute Gasteiger partial charge is 0.369 e. The summed E-state index contributed by atoms with van der Waals surface area (Å²) in [6.07, 6.45) is 0.621. The monoisotopic (exact) mass is 430 g/mol. The molecule has 0 aromatic heterocycles. The van der Waals surface area contributed by atoms with Gasteiger partial charge in [-0.2, -0.15) is 5.26 Å². The van der Waals surface area contributed by atoms with E-state index in [0.29, 0.717) is 25.3 Å². The highest BCUT2D eigenvalue weighted by Gasteiger charge is 2.44. The molecule has 1 heterocycles. The highest BCUT2D eigenvalue weighted by Crippen LogP contribution is 2.38. The van der Waals surface area contributed by atoms with E-state index in [9.17, 15) is 5.26 Å². The number of nitrogens with one attached hydrogen (secondary N) is 1. The van der Waals surface area contributed by atoms with Crippen LogP contribution in [0.1, 0.15) is 28.7 Å². The molecule has 3 aromatic carbocycles. The van der Waals surface area contributed by atoms with Crippen LogP contribution in [0.15, 0.2) is 83.8 Å². The lowest BCUT2D eigenvalue weighted by Gasteiger charge is -2.44. The van der Waals surface area contributed by atoms with Gasteiger partial charge in [0.2, 0.25) is 0 Å². The van der Waals surface area contributed by atoms with Crippen molar-refractivity contribution in [2.24, 2.45) is 0 Å². The minimum atomic E-state index is -0.574. The van der Waals surface area contributed by atoms with Gasteiger partial charge in [0.05, 0.1) is 24.8 Å². The summed E-state index contributed by atoms with van der Waals surface area (Å²) in [5, 5.41) is 12.6. The van der Waals surface area contributed by atoms with Gasteiger partial charge < -0.3 is 14.8 Å². The number of piperidine rings is 1. The molecule has 0 aliphatic carbocycles. The third-order valence-electron chi connectivity index (χ3n) is 5.73. The molecule has 4 rings (SSSR count). The fourth-order valence-corrected chi connectivity index (χ4v) is 4.21. The molecule has 1 fully saturated rings. The van der Waals surface area contributed by atoms with Gasteiger partial charge in [0.15, 0.2) is 0 Å². The Kier molecular flexibility index (Phi) is 7.06. The van der Waals surface area contributed by atoms with Crippen molar-refractivity contribution in [3.8, 4) is 6.07 Å². The van der Waals surface area contributed by atoms with E-state index >= 15 is 0 Å². The summed E-state index contributed by atoms with van der Waals surface area (Å²) < 4.78 is 13.1. The number of benzene rings is 3. The first-order chi connectivity index (χ1) is 15.2. The van der Waals surface area contributed by atoms with Gasteiger partial charge in [-0.1, -0.05) is 54.6 Å². The van der Waals surface area contributed by atoms with Crippen molar-refractivity contribution in [3.05, 3.63) is 101 Å². The third-order valence-corrected chi connectivity index (χ3v) is 6.02. The van der Waals surface area contributed by atoms with Crippen LogP contribution in [0.3, 0.4) is 0 Å². The Morgan fingerprint density at radius 3 is 2.52 bits per heavy atom.